The van der Waals surface area contributed by atoms with Crippen LogP contribution in [0.15, 0.2) is 0 Å². The molecule has 340 valence electrons. The van der Waals surface area contributed by atoms with Crippen LogP contribution in [0, 0.1) is 0 Å². The predicted molar refractivity (Wildman–Crippen MR) is 170 cm³/mol. The highest BCUT2D eigenvalue weighted by Gasteiger charge is 2.94. The van der Waals surface area contributed by atoms with Gasteiger partial charge in [0.2, 0.25) is 40.1 Å². The lowest BCUT2D eigenvalue weighted by Gasteiger charge is -2.62. The summed E-state index contributed by atoms with van der Waals surface area (Å²) in [7, 11) is 2.83. The van der Waals surface area contributed by atoms with Crippen molar-refractivity contribution in [3.8, 4) is 51.7 Å². The normalized spacial score (nSPS) is 40.1. The number of hydrogen-bond acceptors (Lipinski definition) is 30. The van der Waals surface area contributed by atoms with E-state index in [1.165, 1.54) is 0 Å². The molecule has 2 aromatic rings. The van der Waals surface area contributed by atoms with Crippen LogP contribution in [0.5, 0.6) is 51.7 Å². The average Bonchev–Trinajstić information content (AvgIpc) is 3.54. The number of fused-ring (bicyclic) bond motifs is 4. The van der Waals surface area contributed by atoms with Gasteiger partial charge in [0.1, 0.15) is 12.2 Å². The van der Waals surface area contributed by atoms with Crippen molar-refractivity contribution in [2.45, 2.75) is 83.7 Å². The van der Waals surface area contributed by atoms with Crippen LogP contribution < -0.4 is 18.9 Å². The highest BCUT2D eigenvalue weighted by atomic mass is 17.0. The zero-order valence-electron chi connectivity index (χ0n) is 31.2. The SMILES string of the molecule is COc1c(O)c(OC)c(O)c(C2(O)c3c(O)c4c(c(O)c3C(O)(OC3OC5(O)C(O)(O)OC(C)(O)OC5(O)C(OC)C3OC)C3(O)C(O)(O)OC(=O)C23O)OC(O)(O)O4)c1O. The van der Waals surface area contributed by atoms with E-state index < -0.39 is 151 Å². The van der Waals surface area contributed by atoms with Gasteiger partial charge in [0.25, 0.3) is 17.4 Å². The van der Waals surface area contributed by atoms with Crippen molar-refractivity contribution in [1.82, 2.24) is 0 Å². The first kappa shape index (κ1) is 44.4. The Hall–Kier alpha value is -4.65. The van der Waals surface area contributed by atoms with E-state index in [0.717, 1.165) is 14.2 Å². The molecule has 0 amide bonds. The molecule has 5 aliphatic rings. The number of benzene rings is 2. The first-order valence-corrected chi connectivity index (χ1v) is 16.6. The summed E-state index contributed by atoms with van der Waals surface area (Å²) in [5.74, 6) is -43.1. The molecule has 0 spiro atoms. The van der Waals surface area contributed by atoms with Gasteiger partial charge in [-0.3, -0.25) is 19.7 Å². The average molecular weight is 889 g/mol. The Morgan fingerprint density at radius 1 is 0.590 bits per heavy atom. The maximum Gasteiger partial charge on any atom is 0.505 e. The van der Waals surface area contributed by atoms with Gasteiger partial charge in [-0.15, -0.1) is 0 Å². The van der Waals surface area contributed by atoms with Crippen molar-refractivity contribution in [3.05, 3.63) is 16.7 Å². The van der Waals surface area contributed by atoms with E-state index in [0.29, 0.717) is 21.1 Å². The van der Waals surface area contributed by atoms with Crippen LogP contribution in [-0.2, 0) is 49.3 Å². The second-order valence-corrected chi connectivity index (χ2v) is 14.1. The van der Waals surface area contributed by atoms with Crippen LogP contribution in [0.25, 0.3) is 0 Å². The summed E-state index contributed by atoms with van der Waals surface area (Å²) < 4.78 is 53.8. The van der Waals surface area contributed by atoms with Crippen LogP contribution in [0.3, 0.4) is 0 Å². The molecular weight excluding hydrogens is 852 g/mol. The van der Waals surface area contributed by atoms with Gasteiger partial charge in [0.15, 0.2) is 34.9 Å². The van der Waals surface area contributed by atoms with Crippen LogP contribution in [-0.4, -0.2) is 192 Å². The van der Waals surface area contributed by atoms with Crippen LogP contribution in [0.4, 0.5) is 0 Å². The number of aliphatic hydroxyl groups is 13. The van der Waals surface area contributed by atoms with Gasteiger partial charge in [0, 0.05) is 21.1 Å². The van der Waals surface area contributed by atoms with Crippen molar-refractivity contribution in [2.24, 2.45) is 0 Å². The zero-order chi connectivity index (χ0) is 46.0. The smallest absolute Gasteiger partial charge is 0.504 e. The quantitative estimate of drug-likeness (QED) is 0.0697. The number of cyclic esters (lactones) is 1. The minimum Gasteiger partial charge on any atom is -0.504 e. The Balaban J connectivity index is 1.64. The van der Waals surface area contributed by atoms with E-state index in [1.54, 1.807) is 0 Å². The molecule has 4 heterocycles. The fourth-order valence-corrected chi connectivity index (χ4v) is 8.33. The number of esters is 1. The Bertz CT molecular complexity index is 2190. The fraction of sp³-hybridized carbons (Fsp3) is 0.581. The van der Waals surface area contributed by atoms with Gasteiger partial charge in [-0.1, -0.05) is 0 Å². The van der Waals surface area contributed by atoms with E-state index in [-0.39, 0.29) is 0 Å². The molecule has 7 rings (SSSR count). The van der Waals surface area contributed by atoms with E-state index in [9.17, 15) is 96.7 Å². The van der Waals surface area contributed by atoms with E-state index in [4.69, 9.17) is 33.2 Å². The molecule has 10 unspecified atom stereocenters. The lowest BCUT2D eigenvalue weighted by Crippen LogP contribution is -2.87. The fourth-order valence-electron chi connectivity index (χ4n) is 8.33. The molecule has 18 N–H and O–H groups in total. The summed E-state index contributed by atoms with van der Waals surface area (Å²) in [5.41, 5.74) is -21.0. The van der Waals surface area contributed by atoms with Crippen LogP contribution >= 0.6 is 0 Å². The molecule has 0 aromatic heterocycles. The molecule has 61 heavy (non-hydrogen) atoms. The number of aromatic hydroxyl groups is 5. The van der Waals surface area contributed by atoms with Crippen LogP contribution in [0.1, 0.15) is 23.6 Å². The lowest BCUT2D eigenvalue weighted by molar-refractivity contribution is -0.667. The number of rotatable bonds is 7. The molecule has 10 atom stereocenters. The number of phenolic OH excluding ortho intramolecular Hbond substituents is 5. The summed E-state index contributed by atoms with van der Waals surface area (Å²) in [6.45, 7) is 0.545. The zero-order valence-corrected chi connectivity index (χ0v) is 31.2. The number of phenols is 5. The number of hydrogen-bond donors (Lipinski definition) is 18. The highest BCUT2D eigenvalue weighted by molar-refractivity contribution is 5.92. The van der Waals surface area contributed by atoms with Crippen molar-refractivity contribution < 1.29 is 149 Å². The number of carbonyl (C=O) groups excluding carboxylic acids is 1. The molecule has 0 radical (unpaired) electrons. The molecule has 2 aromatic carbocycles. The van der Waals surface area contributed by atoms with Gasteiger partial charge < -0.3 is 124 Å². The summed E-state index contributed by atoms with van der Waals surface area (Å²) in [5, 5.41) is 207. The third-order valence-electron chi connectivity index (χ3n) is 10.8. The summed E-state index contributed by atoms with van der Waals surface area (Å²) in [4.78, 5) is 14.0. The third-order valence-corrected chi connectivity index (χ3v) is 10.8. The highest BCUT2D eigenvalue weighted by Crippen LogP contribution is 2.73. The molecule has 3 fully saturated rings. The molecule has 0 saturated carbocycles. The maximum atomic E-state index is 14.0. The predicted octanol–water partition coefficient (Wildman–Crippen LogP) is -8.22. The summed E-state index contributed by atoms with van der Waals surface area (Å²) in [6, 6.07) is 0. The summed E-state index contributed by atoms with van der Waals surface area (Å²) >= 11 is 0. The monoisotopic (exact) mass is 888 g/mol. The van der Waals surface area contributed by atoms with Gasteiger partial charge in [-0.05, 0) is 0 Å². The van der Waals surface area contributed by atoms with E-state index in [2.05, 4.69) is 18.9 Å². The maximum absolute atomic E-state index is 14.0. The molecule has 3 saturated heterocycles. The first-order valence-electron chi connectivity index (χ1n) is 16.6. The number of carbonyl (C=O) groups is 1. The minimum atomic E-state index is -5.20. The van der Waals surface area contributed by atoms with Gasteiger partial charge in [-0.2, -0.15) is 0 Å². The van der Waals surface area contributed by atoms with E-state index >= 15 is 0 Å². The van der Waals surface area contributed by atoms with Crippen molar-refractivity contribution >= 4 is 5.97 Å². The van der Waals surface area contributed by atoms with E-state index in [1.807, 2.05) is 0 Å². The number of ether oxygens (including phenoxy) is 11. The van der Waals surface area contributed by atoms with Gasteiger partial charge >= 0.3 is 29.9 Å². The lowest BCUT2D eigenvalue weighted by atomic mass is 9.54. The molecule has 30 nitrogen and oxygen atoms in total. The minimum absolute atomic E-state index is 0.545. The Labute approximate surface area is 335 Å². The second kappa shape index (κ2) is 12.5. The Kier molecular flexibility index (Phi) is 9.10. The first-order chi connectivity index (χ1) is 27.8. The third kappa shape index (κ3) is 4.84. The molecule has 4 aliphatic heterocycles. The molecule has 30 heteroatoms. The Morgan fingerprint density at radius 3 is 1.57 bits per heavy atom. The molecule has 1 aliphatic carbocycles. The Morgan fingerprint density at radius 2 is 1.10 bits per heavy atom. The van der Waals surface area contributed by atoms with Crippen molar-refractivity contribution in [3.63, 3.8) is 0 Å². The van der Waals surface area contributed by atoms with Gasteiger partial charge in [0.05, 0.1) is 30.9 Å². The van der Waals surface area contributed by atoms with Crippen molar-refractivity contribution in [2.75, 3.05) is 28.4 Å². The second-order valence-electron chi connectivity index (χ2n) is 14.1. The standard InChI is InChI=1S/C31H36O30/c1-22(38)60-26(42)19(54-5)18(53-4)20(58-28(26,44)30(47,48)61-22)57-25(41)7-6(9(32)16-17(10(7)33)56-31(49,50)55-16)23(39,24(40)21(37)59-29(45,46)27(24,25)43)8-11(34)14(51-2)13(36)15(52-3)12(8)35/h18-20,32-36,38-50H,1-5H3. The van der Waals surface area contributed by atoms with Crippen molar-refractivity contribution in [1.29, 1.82) is 0 Å². The van der Waals surface area contributed by atoms with Crippen LogP contribution in [0.2, 0.25) is 0 Å². The topological polar surface area (TPSA) is 483 Å². The molecular formula is C31H36O30. The number of methoxy groups -OCH3 is 4. The largest absolute Gasteiger partial charge is 0.505 e. The molecule has 0 bridgehead atoms. The van der Waals surface area contributed by atoms with Gasteiger partial charge in [-0.25, -0.2) is 4.79 Å². The summed E-state index contributed by atoms with van der Waals surface area (Å²) in [6.07, 6.45) is -12.2.